The fourth-order valence-corrected chi connectivity index (χ4v) is 14.6. The maximum absolute atomic E-state index is 14.6. The molecule has 0 spiro atoms. The van der Waals surface area contributed by atoms with Gasteiger partial charge < -0.3 is 50.2 Å². The third kappa shape index (κ3) is 14.1. The van der Waals surface area contributed by atoms with Crippen LogP contribution in [0.25, 0.3) is 11.1 Å². The van der Waals surface area contributed by atoms with Gasteiger partial charge in [-0.1, -0.05) is 104 Å². The number of rotatable bonds is 32. The Morgan fingerprint density at radius 2 is 0.815 bits per heavy atom. The first-order valence-electron chi connectivity index (χ1n) is 22.1. The van der Waals surface area contributed by atoms with Crippen LogP contribution >= 0.6 is 0 Å². The van der Waals surface area contributed by atoms with Gasteiger partial charge in [-0.2, -0.15) is 0 Å². The first kappa shape index (κ1) is 58.4. The number of benzene rings is 2. The molecule has 356 valence electrons. The normalized spacial score (nSPS) is 15.7. The summed E-state index contributed by atoms with van der Waals surface area (Å²) in [7, 11) is 3.05. The lowest BCUT2D eigenvalue weighted by Gasteiger charge is -2.60. The molecule has 0 heterocycles. The number of alkyl carbamates (subject to hydrolysis) is 1. The van der Waals surface area contributed by atoms with Gasteiger partial charge in [-0.15, -0.1) is 0 Å². The molecule has 1 amide bonds. The molecule has 65 heavy (non-hydrogen) atoms. The van der Waals surface area contributed by atoms with Gasteiger partial charge in [0.05, 0.1) is 0 Å². The predicted octanol–water partition coefficient (Wildman–Crippen LogP) is 8.47. The minimum Gasteiger partial charge on any atom is -0.436 e. The summed E-state index contributed by atoms with van der Waals surface area (Å²) in [5, 5.41) is 3.35. The van der Waals surface area contributed by atoms with Gasteiger partial charge in [-0.3, -0.25) is 0 Å². The number of amides is 1. The van der Waals surface area contributed by atoms with Crippen LogP contribution in [0.4, 0.5) is 4.79 Å². The van der Waals surface area contributed by atoms with E-state index in [1.54, 1.807) is 7.11 Å². The Labute approximate surface area is 412 Å². The van der Waals surface area contributed by atoms with Crippen molar-refractivity contribution in [3.63, 3.8) is 0 Å². The van der Waals surface area contributed by atoms with E-state index in [-0.39, 0.29) is 102 Å². The highest BCUT2D eigenvalue weighted by atomic mass is 28.2. The summed E-state index contributed by atoms with van der Waals surface area (Å²) in [6.07, 6.45) is -3.54. The Morgan fingerprint density at radius 1 is 0.508 bits per heavy atom. The average molecular weight is 1030 g/mol. The second-order valence-electron chi connectivity index (χ2n) is 18.2. The van der Waals surface area contributed by atoms with Crippen LogP contribution in [0.5, 0.6) is 0 Å². The number of methoxy groups -OCH3 is 1. The van der Waals surface area contributed by atoms with Gasteiger partial charge >= 0.3 is 6.09 Å². The molecule has 2 aromatic carbocycles. The fourth-order valence-electron chi connectivity index (χ4n) is 9.69. The number of ether oxygens (including phenoxy) is 2. The number of carbonyl (C=O) groups excluding carboxylic acids is 1. The van der Waals surface area contributed by atoms with Crippen molar-refractivity contribution in [2.75, 3.05) is 20.3 Å². The van der Waals surface area contributed by atoms with Crippen molar-refractivity contribution < 1.29 is 49.7 Å². The SMILES string of the molecule is COCC(C(C(C(CNC(=O)OC1c2ccccc2-c2ccccc21)C(C)(C)C(O[Si]C)O[Si]C)C(C)(C)C(O[Si]C)O[Si]C)C(C)(C)C(O[Si]C)O[Si]C)C(C)(C)C(O[Si]C)O[Si]C. The maximum Gasteiger partial charge on any atom is 0.408 e. The van der Waals surface area contributed by atoms with Crippen molar-refractivity contribution in [2.45, 2.75) is 139 Å². The summed E-state index contributed by atoms with van der Waals surface area (Å²) in [4.78, 5) is 14.6. The van der Waals surface area contributed by atoms with Gasteiger partial charge in [0.2, 0.25) is 78.1 Å². The molecule has 0 bridgehead atoms. The van der Waals surface area contributed by atoms with E-state index in [9.17, 15) is 4.79 Å². The zero-order chi connectivity index (χ0) is 48.6. The lowest BCUT2D eigenvalue weighted by atomic mass is 9.48. The van der Waals surface area contributed by atoms with Gasteiger partial charge in [0.15, 0.2) is 6.10 Å². The Kier molecular flexibility index (Phi) is 24.7. The monoisotopic (exact) mass is 1030 g/mol. The van der Waals surface area contributed by atoms with Crippen molar-refractivity contribution in [1.29, 1.82) is 0 Å². The Morgan fingerprint density at radius 3 is 1.15 bits per heavy atom. The number of nitrogens with one attached hydrogen (secondary N) is 1. The summed E-state index contributed by atoms with van der Waals surface area (Å²) in [6.45, 7) is 34.5. The molecule has 1 aliphatic carbocycles. The molecule has 0 saturated carbocycles. The number of hydrogen-bond donors (Lipinski definition) is 1. The number of carbonyl (C=O) groups is 1. The van der Waals surface area contributed by atoms with E-state index < -0.39 is 64.9 Å². The highest BCUT2D eigenvalue weighted by molar-refractivity contribution is 6.27. The van der Waals surface area contributed by atoms with Crippen LogP contribution < -0.4 is 5.32 Å². The van der Waals surface area contributed by atoms with Crippen LogP contribution in [-0.4, -0.2) is 130 Å². The topological polar surface area (TPSA) is 121 Å². The first-order chi connectivity index (χ1) is 30.9. The molecule has 12 nitrogen and oxygen atoms in total. The van der Waals surface area contributed by atoms with Gasteiger partial charge in [-0.25, -0.2) is 4.79 Å². The molecule has 3 rings (SSSR count). The van der Waals surface area contributed by atoms with Crippen molar-refractivity contribution in [3.8, 4) is 11.1 Å². The quantitative estimate of drug-likeness (QED) is 0.0562. The molecule has 0 fully saturated rings. The van der Waals surface area contributed by atoms with Crippen molar-refractivity contribution >= 4 is 84.2 Å². The van der Waals surface area contributed by atoms with E-state index >= 15 is 0 Å². The molecule has 4 unspecified atom stereocenters. The second kappa shape index (κ2) is 27.5. The molecular weight excluding hydrogens is 955 g/mol. The van der Waals surface area contributed by atoms with Crippen molar-refractivity contribution in [3.05, 3.63) is 59.7 Å². The molecule has 1 N–H and O–H groups in total. The Bertz CT molecular complexity index is 1640. The van der Waals surface area contributed by atoms with Gasteiger partial charge in [-0.05, 0) is 87.2 Å². The highest BCUT2D eigenvalue weighted by Gasteiger charge is 2.61. The highest BCUT2D eigenvalue weighted by Crippen LogP contribution is 2.60. The van der Waals surface area contributed by atoms with Crippen molar-refractivity contribution in [1.82, 2.24) is 5.32 Å². The Balaban J connectivity index is 2.50. The molecule has 20 heteroatoms. The zero-order valence-corrected chi connectivity index (χ0v) is 49.7. The molecule has 0 aromatic heterocycles. The molecular formula is C45H73NO11Si8. The smallest absolute Gasteiger partial charge is 0.408 e. The van der Waals surface area contributed by atoms with Gasteiger partial charge in [0, 0.05) is 53.0 Å². The third-order valence-corrected chi connectivity index (χ3v) is 16.5. The van der Waals surface area contributed by atoms with Crippen LogP contribution in [0.1, 0.15) is 72.6 Å². The van der Waals surface area contributed by atoms with Crippen LogP contribution in [0.3, 0.4) is 0 Å². The fraction of sp³-hybridized carbons (Fsp3) is 0.711. The third-order valence-electron chi connectivity index (χ3n) is 12.9. The summed E-state index contributed by atoms with van der Waals surface area (Å²) >= 11 is 0. The molecule has 4 atom stereocenters. The van der Waals surface area contributed by atoms with E-state index in [1.165, 1.54) is 0 Å². The predicted molar refractivity (Wildman–Crippen MR) is 266 cm³/mol. The van der Waals surface area contributed by atoms with Crippen LogP contribution in [0.2, 0.25) is 52.4 Å². The van der Waals surface area contributed by atoms with E-state index in [0.29, 0.717) is 6.61 Å². The van der Waals surface area contributed by atoms with E-state index in [2.05, 4.69) is 72.8 Å². The largest absolute Gasteiger partial charge is 0.436 e. The summed E-state index contributed by atoms with van der Waals surface area (Å²) < 4.78 is 65.9. The maximum atomic E-state index is 14.6. The minimum atomic E-state index is -0.760. The standard InChI is InChI=1S/C45H73NO11Si8/c1-42(2,37(50-58-10)51-59-11)32(26-46-41(47)49-36-30-24-20-18-22-28(30)29-23-19-21-25-31(29)36)34(44(5,6)39(54-62-14)55-63-15)35(45(7,8)40(56-64-16)57-65-17)33(27-48-9)43(3,4)38(52-60-12)53-61-13/h18-25,32-40H,26-27H2,1-17H3,(H,46,47). The summed E-state index contributed by atoms with van der Waals surface area (Å²) in [5.41, 5.74) is 1.16. The van der Waals surface area contributed by atoms with Crippen LogP contribution in [0, 0.1) is 45.3 Å². The van der Waals surface area contributed by atoms with Gasteiger partial charge in [0.1, 0.15) is 25.2 Å². The molecule has 2 aromatic rings. The Hall–Kier alpha value is -0.915. The van der Waals surface area contributed by atoms with Crippen LogP contribution in [0.15, 0.2) is 48.5 Å². The van der Waals surface area contributed by atoms with Crippen molar-refractivity contribution in [2.24, 2.45) is 45.3 Å². The second-order valence-corrected chi connectivity index (χ2v) is 23.4. The number of hydrogen-bond acceptors (Lipinski definition) is 11. The summed E-state index contributed by atoms with van der Waals surface area (Å²) in [5.74, 6) is -1.33. The van der Waals surface area contributed by atoms with Gasteiger partial charge in [0.25, 0.3) is 0 Å². The van der Waals surface area contributed by atoms with Crippen LogP contribution in [-0.2, 0) is 44.9 Å². The minimum absolute atomic E-state index is 0.148. The lowest BCUT2D eigenvalue weighted by Crippen LogP contribution is -2.63. The first-order valence-corrected chi connectivity index (χ1v) is 33.3. The summed E-state index contributed by atoms with van der Waals surface area (Å²) in [6, 6.07) is 16.3. The van der Waals surface area contributed by atoms with E-state index in [1.807, 2.05) is 88.8 Å². The average Bonchev–Trinajstić information content (AvgIpc) is 3.57. The lowest BCUT2D eigenvalue weighted by molar-refractivity contribution is -0.232. The zero-order valence-electron chi connectivity index (χ0n) is 41.7. The number of fused-ring (bicyclic) bond motifs is 3. The molecule has 16 radical (unpaired) electrons. The van der Waals surface area contributed by atoms with E-state index in [4.69, 9.17) is 44.9 Å². The van der Waals surface area contributed by atoms with E-state index in [0.717, 1.165) is 22.3 Å². The molecule has 0 aliphatic heterocycles. The molecule has 1 aliphatic rings. The molecule has 0 saturated heterocycles.